The van der Waals surface area contributed by atoms with E-state index in [0.717, 1.165) is 19.3 Å². The first-order valence-corrected chi connectivity index (χ1v) is 9.22. The maximum atomic E-state index is 13.0. The molecule has 5 unspecified atom stereocenters. The van der Waals surface area contributed by atoms with E-state index in [1.54, 1.807) is 0 Å². The van der Waals surface area contributed by atoms with E-state index < -0.39 is 0 Å². The van der Waals surface area contributed by atoms with Gasteiger partial charge in [0, 0.05) is 6.04 Å². The Morgan fingerprint density at radius 3 is 2.57 bits per heavy atom. The van der Waals surface area contributed by atoms with Crippen LogP contribution in [0.1, 0.15) is 79.1 Å². The summed E-state index contributed by atoms with van der Waals surface area (Å²) in [5, 5.41) is 3.66. The maximum Gasteiger partial charge on any atom is 0.241 e. The second-order valence-corrected chi connectivity index (χ2v) is 7.10. The van der Waals surface area contributed by atoms with Gasteiger partial charge in [-0.3, -0.25) is 10.1 Å². The number of carbonyl (C=O) groups is 1. The lowest BCUT2D eigenvalue weighted by Gasteiger charge is -2.40. The van der Waals surface area contributed by atoms with Gasteiger partial charge in [0.05, 0.1) is 12.2 Å². The van der Waals surface area contributed by atoms with E-state index in [0.29, 0.717) is 23.8 Å². The number of hydrogen-bond acceptors (Lipinski definition) is 2. The van der Waals surface area contributed by atoms with Gasteiger partial charge in [0.1, 0.15) is 0 Å². The third-order valence-corrected chi connectivity index (χ3v) is 5.75. The zero-order valence-corrected chi connectivity index (χ0v) is 14.4. The van der Waals surface area contributed by atoms with Crippen molar-refractivity contribution in [1.82, 2.24) is 10.2 Å². The van der Waals surface area contributed by atoms with Gasteiger partial charge in [-0.25, -0.2) is 0 Å². The van der Waals surface area contributed by atoms with Gasteiger partial charge in [-0.2, -0.15) is 0 Å². The Labute approximate surface area is 130 Å². The summed E-state index contributed by atoms with van der Waals surface area (Å²) in [6, 6.07) is 0.528. The van der Waals surface area contributed by atoms with Crippen molar-refractivity contribution in [3.05, 3.63) is 0 Å². The summed E-state index contributed by atoms with van der Waals surface area (Å²) in [5.41, 5.74) is 0. The van der Waals surface area contributed by atoms with Gasteiger partial charge in [0.2, 0.25) is 5.91 Å². The predicted molar refractivity (Wildman–Crippen MR) is 88.0 cm³/mol. The Hall–Kier alpha value is -0.570. The van der Waals surface area contributed by atoms with Gasteiger partial charge >= 0.3 is 0 Å². The van der Waals surface area contributed by atoms with E-state index in [1.807, 2.05) is 0 Å². The first kappa shape index (κ1) is 16.8. The van der Waals surface area contributed by atoms with Crippen molar-refractivity contribution in [3.8, 4) is 0 Å². The normalized spacial score (nSPS) is 35.2. The summed E-state index contributed by atoms with van der Waals surface area (Å²) in [7, 11) is 0. The monoisotopic (exact) mass is 294 g/mol. The molecule has 0 aromatic carbocycles. The minimum Gasteiger partial charge on any atom is -0.323 e. The van der Waals surface area contributed by atoms with Crippen molar-refractivity contribution < 1.29 is 4.79 Å². The van der Waals surface area contributed by atoms with Gasteiger partial charge in [0.15, 0.2) is 0 Å². The van der Waals surface area contributed by atoms with Gasteiger partial charge in [-0.05, 0) is 31.1 Å². The van der Waals surface area contributed by atoms with Gasteiger partial charge in [0.25, 0.3) is 0 Å². The molecule has 0 spiro atoms. The molecule has 2 fully saturated rings. The van der Waals surface area contributed by atoms with Crippen LogP contribution in [0.3, 0.4) is 0 Å². The Morgan fingerprint density at radius 2 is 1.95 bits per heavy atom. The summed E-state index contributed by atoms with van der Waals surface area (Å²) in [6.07, 6.45) is 9.93. The van der Waals surface area contributed by atoms with Crippen molar-refractivity contribution in [3.63, 3.8) is 0 Å². The third kappa shape index (κ3) is 3.44. The van der Waals surface area contributed by atoms with Crippen molar-refractivity contribution in [2.45, 2.75) is 97.3 Å². The van der Waals surface area contributed by atoms with Crippen molar-refractivity contribution >= 4 is 5.91 Å². The Bertz CT molecular complexity index is 344. The summed E-state index contributed by atoms with van der Waals surface area (Å²) >= 11 is 0. The molecule has 2 aliphatic rings. The molecular formula is C18H34N2O. The van der Waals surface area contributed by atoms with E-state index in [-0.39, 0.29) is 12.2 Å². The van der Waals surface area contributed by atoms with Crippen LogP contribution in [0, 0.1) is 11.8 Å². The Morgan fingerprint density at radius 1 is 1.24 bits per heavy atom. The second kappa shape index (κ2) is 7.62. The average Bonchev–Trinajstić information content (AvgIpc) is 2.83. The number of carbonyl (C=O) groups excluding carboxylic acids is 1. The minimum absolute atomic E-state index is 0.0472. The van der Waals surface area contributed by atoms with E-state index in [4.69, 9.17) is 0 Å². The number of nitrogens with one attached hydrogen (secondary N) is 1. The fourth-order valence-corrected chi connectivity index (χ4v) is 4.24. The molecule has 2 rings (SSSR count). The molecule has 21 heavy (non-hydrogen) atoms. The van der Waals surface area contributed by atoms with E-state index in [1.165, 1.54) is 32.1 Å². The molecule has 122 valence electrons. The lowest BCUT2D eigenvalue weighted by molar-refractivity contribution is -0.135. The Balaban J connectivity index is 2.18. The Kier molecular flexibility index (Phi) is 6.09. The largest absolute Gasteiger partial charge is 0.323 e. The zero-order valence-electron chi connectivity index (χ0n) is 14.4. The third-order valence-electron chi connectivity index (χ3n) is 5.75. The molecule has 1 amide bonds. The topological polar surface area (TPSA) is 32.3 Å². The molecule has 0 aromatic rings. The van der Waals surface area contributed by atoms with Crippen LogP contribution in [-0.2, 0) is 4.79 Å². The first-order chi connectivity index (χ1) is 10.1. The number of amides is 1. The molecule has 1 N–H and O–H groups in total. The van der Waals surface area contributed by atoms with E-state index in [2.05, 4.69) is 37.9 Å². The average molecular weight is 294 g/mol. The number of rotatable bonds is 6. The highest BCUT2D eigenvalue weighted by Crippen LogP contribution is 2.35. The zero-order chi connectivity index (χ0) is 15.4. The molecule has 0 aromatic heterocycles. The molecule has 1 aliphatic heterocycles. The van der Waals surface area contributed by atoms with Gasteiger partial charge in [-0.15, -0.1) is 0 Å². The smallest absolute Gasteiger partial charge is 0.241 e. The quantitative estimate of drug-likeness (QED) is 0.805. The molecule has 1 heterocycles. The summed E-state index contributed by atoms with van der Waals surface area (Å²) in [4.78, 5) is 15.3. The minimum atomic E-state index is 0.0472. The van der Waals surface area contributed by atoms with Crippen LogP contribution < -0.4 is 5.32 Å². The van der Waals surface area contributed by atoms with Crippen LogP contribution in [0.4, 0.5) is 0 Å². The van der Waals surface area contributed by atoms with E-state index >= 15 is 0 Å². The van der Waals surface area contributed by atoms with Crippen molar-refractivity contribution in [1.29, 1.82) is 0 Å². The number of nitrogens with zero attached hydrogens (tertiary/aromatic N) is 1. The molecular weight excluding hydrogens is 260 g/mol. The summed E-state index contributed by atoms with van der Waals surface area (Å²) in [5.74, 6) is 1.53. The van der Waals surface area contributed by atoms with Gasteiger partial charge in [-0.1, -0.05) is 59.8 Å². The predicted octanol–water partition coefficient (Wildman–Crippen LogP) is 3.93. The molecule has 5 atom stereocenters. The van der Waals surface area contributed by atoms with Crippen LogP contribution in [0.25, 0.3) is 0 Å². The molecule has 1 saturated heterocycles. The molecule has 1 saturated carbocycles. The molecule has 3 heteroatoms. The van der Waals surface area contributed by atoms with E-state index in [9.17, 15) is 4.79 Å². The van der Waals surface area contributed by atoms with Crippen molar-refractivity contribution in [2.75, 3.05) is 0 Å². The summed E-state index contributed by atoms with van der Waals surface area (Å²) < 4.78 is 0. The number of hydrogen-bond donors (Lipinski definition) is 1. The molecule has 0 radical (unpaired) electrons. The standard InChI is InChI=1S/C18H34N2O/c1-5-10-16-19-17(13(4)6-2)18(21)20(16)15-12-9-8-11-14(15)7-3/h13-17,19H,5-12H2,1-4H3. The van der Waals surface area contributed by atoms with Crippen LogP contribution in [0.15, 0.2) is 0 Å². The SMILES string of the molecule is CCCC1NC(C(C)CC)C(=O)N1C1CCCCC1CC. The first-order valence-electron chi connectivity index (χ1n) is 9.22. The van der Waals surface area contributed by atoms with Crippen molar-refractivity contribution in [2.24, 2.45) is 11.8 Å². The maximum absolute atomic E-state index is 13.0. The van der Waals surface area contributed by atoms with Gasteiger partial charge < -0.3 is 4.90 Å². The van der Waals surface area contributed by atoms with Crippen LogP contribution >= 0.6 is 0 Å². The fourth-order valence-electron chi connectivity index (χ4n) is 4.24. The lowest BCUT2D eigenvalue weighted by atomic mass is 9.81. The highest BCUT2D eigenvalue weighted by Gasteiger charge is 2.45. The second-order valence-electron chi connectivity index (χ2n) is 7.10. The molecule has 3 nitrogen and oxygen atoms in total. The summed E-state index contributed by atoms with van der Waals surface area (Å²) in [6.45, 7) is 8.91. The molecule has 0 bridgehead atoms. The lowest BCUT2D eigenvalue weighted by Crippen LogP contribution is -2.49. The fraction of sp³-hybridized carbons (Fsp3) is 0.944. The van der Waals surface area contributed by atoms with Crippen LogP contribution in [0.5, 0.6) is 0 Å². The highest BCUT2D eigenvalue weighted by molar-refractivity contribution is 5.85. The highest BCUT2D eigenvalue weighted by atomic mass is 16.2. The molecule has 1 aliphatic carbocycles. The van der Waals surface area contributed by atoms with Crippen LogP contribution in [0.2, 0.25) is 0 Å². The van der Waals surface area contributed by atoms with Crippen LogP contribution in [-0.4, -0.2) is 29.1 Å².